The molecule has 7 nitrogen and oxygen atoms in total. The second kappa shape index (κ2) is 7.65. The molecular formula is C22H29N5O2S. The molecule has 1 aliphatic rings. The molecule has 3 aromatic rings. The van der Waals surface area contributed by atoms with Crippen molar-refractivity contribution in [3.05, 3.63) is 44.6 Å². The topological polar surface area (TPSA) is 83.9 Å². The van der Waals surface area contributed by atoms with E-state index in [9.17, 15) is 9.59 Å². The monoisotopic (exact) mass is 427 g/mol. The Morgan fingerprint density at radius 1 is 1.37 bits per heavy atom. The van der Waals surface area contributed by atoms with E-state index in [0.29, 0.717) is 18.8 Å². The normalized spacial score (nSPS) is 17.6. The van der Waals surface area contributed by atoms with E-state index in [2.05, 4.69) is 42.9 Å². The summed E-state index contributed by atoms with van der Waals surface area (Å²) in [5.74, 6) is -0.0887. The van der Waals surface area contributed by atoms with Crippen LogP contribution >= 0.6 is 11.3 Å². The molecule has 0 unspecified atom stereocenters. The largest absolute Gasteiger partial charge is 0.335 e. The summed E-state index contributed by atoms with van der Waals surface area (Å²) >= 11 is 1.58. The molecule has 8 heteroatoms. The van der Waals surface area contributed by atoms with Crippen LogP contribution in [0.4, 0.5) is 0 Å². The Kier molecular flexibility index (Phi) is 5.30. The van der Waals surface area contributed by atoms with E-state index in [1.807, 2.05) is 17.9 Å². The number of aromatic nitrogens is 4. The van der Waals surface area contributed by atoms with E-state index in [1.54, 1.807) is 22.2 Å². The van der Waals surface area contributed by atoms with Gasteiger partial charge < -0.3 is 4.90 Å². The molecule has 1 fully saturated rings. The number of carbonyl (C=O) groups is 1. The first-order valence-corrected chi connectivity index (χ1v) is 11.4. The van der Waals surface area contributed by atoms with Crippen LogP contribution in [0.15, 0.2) is 17.2 Å². The van der Waals surface area contributed by atoms with Crippen LogP contribution in [0.5, 0.6) is 0 Å². The van der Waals surface area contributed by atoms with Crippen molar-refractivity contribution in [1.82, 2.24) is 24.6 Å². The van der Waals surface area contributed by atoms with Gasteiger partial charge in [-0.25, -0.2) is 4.98 Å². The Bertz CT molecular complexity index is 1150. The molecule has 160 valence electrons. The minimum Gasteiger partial charge on any atom is -0.335 e. The molecule has 1 N–H and O–H groups in total. The van der Waals surface area contributed by atoms with Gasteiger partial charge in [-0.05, 0) is 37.8 Å². The Morgan fingerprint density at radius 3 is 2.80 bits per heavy atom. The zero-order valence-corrected chi connectivity index (χ0v) is 19.1. The second-order valence-electron chi connectivity index (χ2n) is 9.09. The standard InChI is InChI=1S/C22H29N5O2S/c1-6-15-13(2)30-19-18(15)21(29)27(12-23-19)14-8-7-9-26(11-14)20(28)16-10-17(25-24-16)22(3,4)5/h10,12,14H,6-9,11H2,1-5H3,(H,24,25)/t14-/m1/s1. The number of amides is 1. The number of thiophene rings is 1. The van der Waals surface area contributed by atoms with Crippen LogP contribution in [-0.2, 0) is 11.8 Å². The van der Waals surface area contributed by atoms with Gasteiger partial charge in [-0.2, -0.15) is 5.10 Å². The van der Waals surface area contributed by atoms with Crippen LogP contribution in [0.1, 0.15) is 73.2 Å². The van der Waals surface area contributed by atoms with E-state index in [0.717, 1.165) is 45.6 Å². The van der Waals surface area contributed by atoms with Gasteiger partial charge in [-0.1, -0.05) is 27.7 Å². The lowest BCUT2D eigenvalue weighted by molar-refractivity contribution is 0.0671. The molecule has 1 saturated heterocycles. The summed E-state index contributed by atoms with van der Waals surface area (Å²) in [7, 11) is 0. The molecule has 1 amide bonds. The summed E-state index contributed by atoms with van der Waals surface area (Å²) < 4.78 is 1.73. The number of rotatable bonds is 3. The minimum atomic E-state index is -0.0972. The van der Waals surface area contributed by atoms with E-state index >= 15 is 0 Å². The summed E-state index contributed by atoms with van der Waals surface area (Å²) in [4.78, 5) is 34.7. The van der Waals surface area contributed by atoms with Crippen molar-refractivity contribution >= 4 is 27.5 Å². The summed E-state index contributed by atoms with van der Waals surface area (Å²) in [6.45, 7) is 11.5. The Labute approximate surface area is 180 Å². The fourth-order valence-electron chi connectivity index (χ4n) is 4.20. The number of fused-ring (bicyclic) bond motifs is 1. The van der Waals surface area contributed by atoms with Gasteiger partial charge in [0.2, 0.25) is 0 Å². The minimum absolute atomic E-state index is 0.00953. The Balaban J connectivity index is 1.61. The number of likely N-dealkylation sites (tertiary alicyclic amines) is 1. The second-order valence-corrected chi connectivity index (χ2v) is 10.3. The summed E-state index contributed by atoms with van der Waals surface area (Å²) in [6.07, 6.45) is 4.18. The highest BCUT2D eigenvalue weighted by Gasteiger charge is 2.29. The van der Waals surface area contributed by atoms with Crippen molar-refractivity contribution in [1.29, 1.82) is 0 Å². The molecule has 0 saturated carbocycles. The first kappa shape index (κ1) is 20.8. The average Bonchev–Trinajstić information content (AvgIpc) is 3.32. The maximum Gasteiger partial charge on any atom is 0.274 e. The number of carbonyl (C=O) groups excluding carboxylic acids is 1. The Morgan fingerprint density at radius 2 is 2.13 bits per heavy atom. The number of hydrogen-bond donors (Lipinski definition) is 1. The highest BCUT2D eigenvalue weighted by Crippen LogP contribution is 2.29. The molecule has 30 heavy (non-hydrogen) atoms. The van der Waals surface area contributed by atoms with Gasteiger partial charge in [0.1, 0.15) is 10.5 Å². The molecule has 4 heterocycles. The quantitative estimate of drug-likeness (QED) is 0.689. The predicted molar refractivity (Wildman–Crippen MR) is 119 cm³/mol. The maximum atomic E-state index is 13.3. The van der Waals surface area contributed by atoms with Gasteiger partial charge in [0, 0.05) is 29.1 Å². The lowest BCUT2D eigenvalue weighted by Gasteiger charge is -2.33. The van der Waals surface area contributed by atoms with E-state index in [-0.39, 0.29) is 22.9 Å². The van der Waals surface area contributed by atoms with Crippen molar-refractivity contribution < 1.29 is 4.79 Å². The number of aromatic amines is 1. The molecule has 1 atom stereocenters. The fraction of sp³-hybridized carbons (Fsp3) is 0.545. The third-order valence-electron chi connectivity index (χ3n) is 5.97. The van der Waals surface area contributed by atoms with Gasteiger partial charge in [0.05, 0.1) is 17.8 Å². The molecule has 0 aliphatic carbocycles. The number of nitrogens with zero attached hydrogens (tertiary/aromatic N) is 4. The highest BCUT2D eigenvalue weighted by molar-refractivity contribution is 7.18. The molecule has 1 aliphatic heterocycles. The lowest BCUT2D eigenvalue weighted by Crippen LogP contribution is -2.43. The molecular weight excluding hydrogens is 398 g/mol. The number of piperidine rings is 1. The van der Waals surface area contributed by atoms with Crippen molar-refractivity contribution in [2.45, 2.75) is 65.3 Å². The van der Waals surface area contributed by atoms with Crippen molar-refractivity contribution in [3.63, 3.8) is 0 Å². The molecule has 3 aromatic heterocycles. The van der Waals surface area contributed by atoms with E-state index < -0.39 is 0 Å². The van der Waals surface area contributed by atoms with Crippen LogP contribution in [0, 0.1) is 6.92 Å². The van der Waals surface area contributed by atoms with Crippen molar-refractivity contribution in [3.8, 4) is 0 Å². The van der Waals surface area contributed by atoms with Gasteiger partial charge >= 0.3 is 0 Å². The van der Waals surface area contributed by atoms with E-state index in [1.165, 1.54) is 0 Å². The molecule has 4 rings (SSSR count). The first-order valence-electron chi connectivity index (χ1n) is 10.5. The maximum absolute atomic E-state index is 13.3. The molecule has 0 spiro atoms. The number of nitrogens with one attached hydrogen (secondary N) is 1. The van der Waals surface area contributed by atoms with Gasteiger partial charge in [0.25, 0.3) is 11.5 Å². The highest BCUT2D eigenvalue weighted by atomic mass is 32.1. The number of aryl methyl sites for hydroxylation is 2. The van der Waals surface area contributed by atoms with Crippen LogP contribution in [0.3, 0.4) is 0 Å². The third kappa shape index (κ3) is 3.57. The predicted octanol–water partition coefficient (Wildman–Crippen LogP) is 3.83. The fourth-order valence-corrected chi connectivity index (χ4v) is 5.27. The molecule has 0 radical (unpaired) electrons. The zero-order chi connectivity index (χ0) is 21.6. The van der Waals surface area contributed by atoms with Crippen LogP contribution in [-0.4, -0.2) is 43.6 Å². The SMILES string of the molecule is CCc1c(C)sc2ncn([C@@H]3CCCN(C(=O)c4cc(C(C)(C)C)[nH]n4)C3)c(=O)c12. The number of hydrogen-bond acceptors (Lipinski definition) is 5. The van der Waals surface area contributed by atoms with E-state index in [4.69, 9.17) is 0 Å². The summed E-state index contributed by atoms with van der Waals surface area (Å²) in [5, 5.41) is 7.98. The Hall–Kier alpha value is -2.48. The first-order chi connectivity index (χ1) is 14.2. The summed E-state index contributed by atoms with van der Waals surface area (Å²) in [6, 6.07) is 1.77. The van der Waals surface area contributed by atoms with Crippen molar-refractivity contribution in [2.75, 3.05) is 13.1 Å². The van der Waals surface area contributed by atoms with Gasteiger partial charge in [-0.3, -0.25) is 19.3 Å². The van der Waals surface area contributed by atoms with Gasteiger partial charge in [0.15, 0.2) is 0 Å². The zero-order valence-electron chi connectivity index (χ0n) is 18.3. The number of H-pyrrole nitrogens is 1. The smallest absolute Gasteiger partial charge is 0.274 e. The third-order valence-corrected chi connectivity index (χ3v) is 7.03. The van der Waals surface area contributed by atoms with Crippen LogP contribution in [0.2, 0.25) is 0 Å². The van der Waals surface area contributed by atoms with Crippen LogP contribution < -0.4 is 5.56 Å². The summed E-state index contributed by atoms with van der Waals surface area (Å²) in [5.41, 5.74) is 2.38. The molecule has 0 bridgehead atoms. The lowest BCUT2D eigenvalue weighted by atomic mass is 9.92. The van der Waals surface area contributed by atoms with Gasteiger partial charge in [-0.15, -0.1) is 11.3 Å². The average molecular weight is 428 g/mol. The van der Waals surface area contributed by atoms with Crippen molar-refractivity contribution in [2.24, 2.45) is 0 Å². The molecule has 0 aromatic carbocycles. The van der Waals surface area contributed by atoms with Crippen LogP contribution in [0.25, 0.3) is 10.2 Å².